The molecule has 1 N–H and O–H groups in total. The van der Waals surface area contributed by atoms with Crippen molar-refractivity contribution in [2.75, 3.05) is 16.7 Å². The van der Waals surface area contributed by atoms with Crippen LogP contribution in [0.2, 0.25) is 0 Å². The van der Waals surface area contributed by atoms with Crippen LogP contribution in [0.25, 0.3) is 10.8 Å². The van der Waals surface area contributed by atoms with Gasteiger partial charge in [-0.2, -0.15) is 0 Å². The van der Waals surface area contributed by atoms with E-state index in [1.54, 1.807) is 54.6 Å². The molecule has 0 bridgehead atoms. The van der Waals surface area contributed by atoms with Crippen molar-refractivity contribution in [3.63, 3.8) is 0 Å². The summed E-state index contributed by atoms with van der Waals surface area (Å²) in [4.78, 5) is 13.5. The van der Waals surface area contributed by atoms with E-state index in [2.05, 4.69) is 17.4 Å². The molecule has 0 atom stereocenters. The minimum atomic E-state index is -3.81. The third-order valence-corrected chi connectivity index (χ3v) is 7.80. The van der Waals surface area contributed by atoms with E-state index in [0.29, 0.717) is 5.69 Å². The molecule has 4 aromatic rings. The molecular formula is C26H22N2O3S. The lowest BCUT2D eigenvalue weighted by Crippen LogP contribution is -2.29. The van der Waals surface area contributed by atoms with Crippen LogP contribution < -0.4 is 9.62 Å². The van der Waals surface area contributed by atoms with Crippen molar-refractivity contribution in [3.05, 3.63) is 102 Å². The van der Waals surface area contributed by atoms with E-state index >= 15 is 0 Å². The van der Waals surface area contributed by atoms with E-state index in [0.717, 1.165) is 28.2 Å². The van der Waals surface area contributed by atoms with Crippen LogP contribution in [0.15, 0.2) is 89.8 Å². The molecule has 0 aliphatic heterocycles. The molecule has 5 nitrogen and oxygen atoms in total. The Morgan fingerprint density at radius 1 is 0.812 bits per heavy atom. The first-order valence-corrected chi connectivity index (χ1v) is 11.9. The number of aryl methyl sites for hydroxylation is 2. The summed E-state index contributed by atoms with van der Waals surface area (Å²) in [7, 11) is -2.34. The molecule has 0 heterocycles. The summed E-state index contributed by atoms with van der Waals surface area (Å²) in [6.45, 7) is 0. The molecule has 0 spiro atoms. The molecule has 4 aromatic carbocycles. The van der Waals surface area contributed by atoms with Gasteiger partial charge in [0.15, 0.2) is 0 Å². The molecule has 6 heteroatoms. The Morgan fingerprint density at radius 2 is 1.50 bits per heavy atom. The summed E-state index contributed by atoms with van der Waals surface area (Å²) >= 11 is 0. The number of rotatable bonds is 5. The van der Waals surface area contributed by atoms with E-state index in [4.69, 9.17) is 0 Å². The third kappa shape index (κ3) is 3.33. The Bertz CT molecular complexity index is 1440. The highest BCUT2D eigenvalue weighted by atomic mass is 32.2. The predicted octanol–water partition coefficient (Wildman–Crippen LogP) is 5.02. The lowest BCUT2D eigenvalue weighted by Gasteiger charge is -2.22. The second-order valence-electron chi connectivity index (χ2n) is 7.87. The number of carbonyl (C=O) groups excluding carboxylic acids is 1. The largest absolute Gasteiger partial charge is 0.321 e. The maximum atomic E-state index is 13.3. The van der Waals surface area contributed by atoms with Crippen LogP contribution in [0, 0.1) is 0 Å². The summed E-state index contributed by atoms with van der Waals surface area (Å²) in [6, 6.07) is 25.1. The number of nitrogens with one attached hydrogen (secondary N) is 1. The standard InChI is InChI=1S/C26H22N2O3S/c1-28(32(30,31)20-9-3-2-4-10-20)24-13-6-5-11-22(24)26(29)27-23-17-16-19-15-14-18-8-7-12-21(23)25(18)19/h2-13,16-17H,14-15H2,1H3,(H,27,29). The molecule has 0 saturated carbocycles. The van der Waals surface area contributed by atoms with Gasteiger partial charge >= 0.3 is 0 Å². The summed E-state index contributed by atoms with van der Waals surface area (Å²) in [5.41, 5.74) is 3.92. The molecule has 5 rings (SSSR count). The van der Waals surface area contributed by atoms with Gasteiger partial charge in [-0.05, 0) is 59.7 Å². The SMILES string of the molecule is CN(c1ccccc1C(=O)Nc1ccc2c3c(cccc13)CC2)S(=O)(=O)c1ccccc1. The minimum Gasteiger partial charge on any atom is -0.321 e. The van der Waals surface area contributed by atoms with Gasteiger partial charge in [0, 0.05) is 18.1 Å². The summed E-state index contributed by atoms with van der Waals surface area (Å²) in [6.07, 6.45) is 2.02. The fraction of sp³-hybridized carbons (Fsp3) is 0.115. The van der Waals surface area contributed by atoms with E-state index in [1.165, 1.54) is 23.6 Å². The number of sulfonamides is 1. The highest BCUT2D eigenvalue weighted by Gasteiger charge is 2.25. The number of nitrogens with zero attached hydrogens (tertiary/aromatic N) is 1. The first-order chi connectivity index (χ1) is 15.5. The Hall–Kier alpha value is -3.64. The second kappa shape index (κ2) is 7.80. The maximum absolute atomic E-state index is 13.3. The van der Waals surface area contributed by atoms with Crippen molar-refractivity contribution < 1.29 is 13.2 Å². The fourth-order valence-corrected chi connectivity index (χ4v) is 5.60. The number of carbonyl (C=O) groups is 1. The van der Waals surface area contributed by atoms with Crippen LogP contribution in [-0.2, 0) is 22.9 Å². The van der Waals surface area contributed by atoms with E-state index < -0.39 is 10.0 Å². The lowest BCUT2D eigenvalue weighted by atomic mass is 10.0. The molecular weight excluding hydrogens is 420 g/mol. The molecule has 160 valence electrons. The van der Waals surface area contributed by atoms with E-state index in [-0.39, 0.29) is 16.4 Å². The molecule has 0 unspecified atom stereocenters. The topological polar surface area (TPSA) is 66.5 Å². The molecule has 1 amide bonds. The van der Waals surface area contributed by atoms with Gasteiger partial charge in [-0.3, -0.25) is 9.10 Å². The van der Waals surface area contributed by atoms with Crippen molar-refractivity contribution in [2.45, 2.75) is 17.7 Å². The van der Waals surface area contributed by atoms with Gasteiger partial charge in [-0.1, -0.05) is 54.6 Å². The van der Waals surface area contributed by atoms with Crippen molar-refractivity contribution in [1.82, 2.24) is 0 Å². The van der Waals surface area contributed by atoms with Gasteiger partial charge in [0.2, 0.25) is 0 Å². The van der Waals surface area contributed by atoms with Crippen molar-refractivity contribution in [1.29, 1.82) is 0 Å². The number of anilines is 2. The fourth-order valence-electron chi connectivity index (χ4n) is 4.37. The first-order valence-electron chi connectivity index (χ1n) is 10.4. The minimum absolute atomic E-state index is 0.171. The zero-order valence-corrected chi connectivity index (χ0v) is 18.4. The predicted molar refractivity (Wildman–Crippen MR) is 128 cm³/mol. The first kappa shape index (κ1) is 20.3. The quantitative estimate of drug-likeness (QED) is 0.472. The second-order valence-corrected chi connectivity index (χ2v) is 9.84. The van der Waals surface area contributed by atoms with Crippen LogP contribution in [0.1, 0.15) is 21.5 Å². The Morgan fingerprint density at radius 3 is 2.28 bits per heavy atom. The highest BCUT2D eigenvalue weighted by molar-refractivity contribution is 7.92. The van der Waals surface area contributed by atoms with Gasteiger partial charge in [0.05, 0.1) is 16.1 Å². The number of hydrogen-bond acceptors (Lipinski definition) is 3. The van der Waals surface area contributed by atoms with Gasteiger partial charge in [-0.25, -0.2) is 8.42 Å². The monoisotopic (exact) mass is 442 g/mol. The normalized spacial score (nSPS) is 12.7. The van der Waals surface area contributed by atoms with Gasteiger partial charge in [0.25, 0.3) is 15.9 Å². The molecule has 32 heavy (non-hydrogen) atoms. The molecule has 0 aromatic heterocycles. The Labute approximate surface area is 187 Å². The van der Waals surface area contributed by atoms with Crippen molar-refractivity contribution in [2.24, 2.45) is 0 Å². The average molecular weight is 443 g/mol. The summed E-state index contributed by atoms with van der Waals surface area (Å²) in [5.74, 6) is -0.352. The molecule has 1 aliphatic rings. The van der Waals surface area contributed by atoms with E-state index in [9.17, 15) is 13.2 Å². The Kier molecular flexibility index (Phi) is 4.94. The molecule has 1 aliphatic carbocycles. The number of para-hydroxylation sites is 1. The summed E-state index contributed by atoms with van der Waals surface area (Å²) in [5, 5.41) is 5.23. The molecule has 0 fully saturated rings. The van der Waals surface area contributed by atoms with Crippen LogP contribution in [0.3, 0.4) is 0 Å². The van der Waals surface area contributed by atoms with Crippen LogP contribution >= 0.6 is 0 Å². The zero-order chi connectivity index (χ0) is 22.3. The van der Waals surface area contributed by atoms with Crippen LogP contribution in [0.5, 0.6) is 0 Å². The number of amides is 1. The smallest absolute Gasteiger partial charge is 0.264 e. The zero-order valence-electron chi connectivity index (χ0n) is 17.6. The highest BCUT2D eigenvalue weighted by Crippen LogP contribution is 2.35. The number of hydrogen-bond donors (Lipinski definition) is 1. The average Bonchev–Trinajstić information content (AvgIpc) is 3.25. The van der Waals surface area contributed by atoms with Crippen molar-refractivity contribution >= 4 is 38.1 Å². The maximum Gasteiger partial charge on any atom is 0.264 e. The van der Waals surface area contributed by atoms with Crippen LogP contribution in [-0.4, -0.2) is 21.4 Å². The van der Waals surface area contributed by atoms with E-state index in [1.807, 2.05) is 18.2 Å². The van der Waals surface area contributed by atoms with Gasteiger partial charge in [-0.15, -0.1) is 0 Å². The van der Waals surface area contributed by atoms with Gasteiger partial charge in [0.1, 0.15) is 0 Å². The third-order valence-electron chi connectivity index (χ3n) is 6.01. The Balaban J connectivity index is 1.51. The number of benzene rings is 4. The summed E-state index contributed by atoms with van der Waals surface area (Å²) < 4.78 is 27.4. The van der Waals surface area contributed by atoms with Crippen molar-refractivity contribution in [3.8, 4) is 0 Å². The molecule has 0 radical (unpaired) electrons. The van der Waals surface area contributed by atoms with Gasteiger partial charge < -0.3 is 5.32 Å². The molecule has 0 saturated heterocycles. The van der Waals surface area contributed by atoms with Crippen LogP contribution in [0.4, 0.5) is 11.4 Å². The lowest BCUT2D eigenvalue weighted by molar-refractivity contribution is 0.102.